The van der Waals surface area contributed by atoms with Crippen molar-refractivity contribution in [2.24, 2.45) is 11.8 Å². The largest absolute Gasteiger partial charge is 0.493 e. The molecule has 1 aliphatic heterocycles. The summed E-state index contributed by atoms with van der Waals surface area (Å²) < 4.78 is 12.5. The minimum atomic E-state index is 0.600. The molecule has 2 atom stereocenters. The summed E-state index contributed by atoms with van der Waals surface area (Å²) >= 11 is 1.83. The summed E-state index contributed by atoms with van der Waals surface area (Å²) in [5, 5.41) is 9.29. The molecule has 0 amide bonds. The van der Waals surface area contributed by atoms with Crippen molar-refractivity contribution in [1.29, 1.82) is 5.26 Å². The number of fused-ring (bicyclic) bond motifs is 2. The van der Waals surface area contributed by atoms with Crippen LogP contribution in [0.15, 0.2) is 143 Å². The summed E-state index contributed by atoms with van der Waals surface area (Å²) in [6, 6.07) is 49.6. The average Bonchev–Trinajstić information content (AvgIpc) is 3.28. The minimum Gasteiger partial charge on any atom is -0.493 e. The molecule has 0 N–H and O–H groups in total. The van der Waals surface area contributed by atoms with Crippen LogP contribution in [0.3, 0.4) is 0 Å². The second kappa shape index (κ2) is 19.8. The number of ether oxygens (including phenoxy) is 2. The Morgan fingerprint density at radius 3 is 1.33 bits per heavy atom. The van der Waals surface area contributed by atoms with Crippen LogP contribution in [-0.2, 0) is 0 Å². The zero-order chi connectivity index (χ0) is 40.3. The van der Waals surface area contributed by atoms with Crippen molar-refractivity contribution < 1.29 is 9.47 Å². The van der Waals surface area contributed by atoms with E-state index >= 15 is 0 Å². The van der Waals surface area contributed by atoms with Gasteiger partial charge in [0.25, 0.3) is 0 Å². The molecule has 0 aromatic heterocycles. The van der Waals surface area contributed by atoms with Crippen molar-refractivity contribution in [1.82, 2.24) is 0 Å². The van der Waals surface area contributed by atoms with Crippen molar-refractivity contribution in [3.8, 4) is 50.9 Å². The fourth-order valence-electron chi connectivity index (χ4n) is 7.70. The van der Waals surface area contributed by atoms with Crippen LogP contribution < -0.4 is 14.4 Å². The molecule has 1 aliphatic rings. The Morgan fingerprint density at radius 1 is 0.517 bits per heavy atom. The molecule has 296 valence electrons. The van der Waals surface area contributed by atoms with Crippen LogP contribution >= 0.6 is 11.8 Å². The monoisotopic (exact) mass is 784 g/mol. The zero-order valence-electron chi connectivity index (χ0n) is 34.5. The van der Waals surface area contributed by atoms with E-state index in [2.05, 4.69) is 148 Å². The van der Waals surface area contributed by atoms with Gasteiger partial charge in [-0.3, -0.25) is 0 Å². The molecular weight excluding hydrogens is 729 g/mol. The second-order valence-electron chi connectivity index (χ2n) is 15.5. The minimum absolute atomic E-state index is 0.600. The van der Waals surface area contributed by atoms with Crippen LogP contribution in [0.4, 0.5) is 17.1 Å². The fraction of sp³-hybridized carbons (Fsp3) is 0.302. The molecule has 0 saturated carbocycles. The first-order valence-electron chi connectivity index (χ1n) is 21.3. The summed E-state index contributed by atoms with van der Waals surface area (Å²) in [4.78, 5) is 4.80. The van der Waals surface area contributed by atoms with Crippen molar-refractivity contribution in [3.63, 3.8) is 0 Å². The maximum absolute atomic E-state index is 9.29. The lowest BCUT2D eigenvalue weighted by molar-refractivity contribution is 0.233. The molecule has 0 aliphatic carbocycles. The number of unbranched alkanes of at least 4 members (excludes halogenated alkanes) is 2. The molecule has 6 aromatic carbocycles. The molecule has 2 unspecified atom stereocenters. The highest BCUT2D eigenvalue weighted by molar-refractivity contribution is 7.99. The number of nitrogens with zero attached hydrogens (tertiary/aromatic N) is 2. The lowest BCUT2D eigenvalue weighted by Crippen LogP contribution is -2.15. The van der Waals surface area contributed by atoms with E-state index in [0.29, 0.717) is 17.4 Å². The Labute approximate surface area is 350 Å². The second-order valence-corrected chi connectivity index (χ2v) is 16.6. The third-order valence-electron chi connectivity index (χ3n) is 11.5. The van der Waals surface area contributed by atoms with Crippen LogP contribution in [0.25, 0.3) is 33.4 Å². The van der Waals surface area contributed by atoms with Crippen molar-refractivity contribution in [3.05, 3.63) is 139 Å². The van der Waals surface area contributed by atoms with E-state index in [1.165, 1.54) is 70.6 Å². The summed E-state index contributed by atoms with van der Waals surface area (Å²) in [5.74, 6) is 3.06. The molecule has 7 rings (SSSR count). The first-order valence-corrected chi connectivity index (χ1v) is 22.1. The molecule has 0 saturated heterocycles. The lowest BCUT2D eigenvalue weighted by atomic mass is 10.0. The van der Waals surface area contributed by atoms with Gasteiger partial charge in [-0.25, -0.2) is 0 Å². The summed E-state index contributed by atoms with van der Waals surface area (Å²) in [6.07, 6.45) is 9.70. The number of nitriles is 1. The molecule has 0 radical (unpaired) electrons. The van der Waals surface area contributed by atoms with Gasteiger partial charge in [-0.15, -0.1) is 0 Å². The Bertz CT molecular complexity index is 2160. The van der Waals surface area contributed by atoms with Crippen LogP contribution in [0, 0.1) is 23.2 Å². The van der Waals surface area contributed by atoms with Crippen LogP contribution in [0.5, 0.6) is 11.5 Å². The average molecular weight is 785 g/mol. The number of anilines is 3. The highest BCUT2D eigenvalue weighted by Gasteiger charge is 2.26. The van der Waals surface area contributed by atoms with Crippen molar-refractivity contribution >= 4 is 28.8 Å². The molecule has 4 nitrogen and oxygen atoms in total. The first kappa shape index (κ1) is 40.7. The van der Waals surface area contributed by atoms with Gasteiger partial charge in [0.05, 0.1) is 36.2 Å². The Balaban J connectivity index is 1.17. The van der Waals surface area contributed by atoms with E-state index < -0.39 is 0 Å². The summed E-state index contributed by atoms with van der Waals surface area (Å²) in [6.45, 7) is 10.6. The van der Waals surface area contributed by atoms with Crippen LogP contribution in [0.1, 0.15) is 84.6 Å². The van der Waals surface area contributed by atoms with Gasteiger partial charge in [-0.05, 0) is 131 Å². The highest BCUT2D eigenvalue weighted by Crippen LogP contribution is 2.53. The van der Waals surface area contributed by atoms with Gasteiger partial charge in [-0.2, -0.15) is 5.26 Å². The Hall–Kier alpha value is -5.44. The summed E-state index contributed by atoms with van der Waals surface area (Å²) in [5.41, 5.74) is 11.0. The van der Waals surface area contributed by atoms with E-state index in [4.69, 9.17) is 9.47 Å². The van der Waals surface area contributed by atoms with Gasteiger partial charge in [0.2, 0.25) is 0 Å². The normalized spacial score (nSPS) is 12.9. The van der Waals surface area contributed by atoms with Gasteiger partial charge in [0, 0.05) is 15.5 Å². The number of hydrogen-bond acceptors (Lipinski definition) is 5. The van der Waals surface area contributed by atoms with Gasteiger partial charge in [0.15, 0.2) is 0 Å². The smallest absolute Gasteiger partial charge is 0.119 e. The van der Waals surface area contributed by atoms with E-state index in [-0.39, 0.29) is 0 Å². The van der Waals surface area contributed by atoms with E-state index in [1.54, 1.807) is 0 Å². The maximum Gasteiger partial charge on any atom is 0.119 e. The van der Waals surface area contributed by atoms with Crippen molar-refractivity contribution in [2.75, 3.05) is 18.1 Å². The van der Waals surface area contributed by atoms with Gasteiger partial charge in [-0.1, -0.05) is 139 Å². The van der Waals surface area contributed by atoms with E-state index in [9.17, 15) is 5.26 Å². The third-order valence-corrected chi connectivity index (χ3v) is 12.6. The highest BCUT2D eigenvalue weighted by atomic mass is 32.2. The van der Waals surface area contributed by atoms with Crippen LogP contribution in [-0.4, -0.2) is 13.2 Å². The SMILES string of the molecule is CCCCC(CC)COc1ccc(-c2ccc3c(c2)Sc2cc(-c4ccc(OCC(CC)CCCC)cc4)ccc2N3c2ccc(-c3ccc(C#N)cc3)cc2)cc1. The van der Waals surface area contributed by atoms with Gasteiger partial charge < -0.3 is 14.4 Å². The number of benzene rings is 6. The first-order chi connectivity index (χ1) is 28.5. The molecule has 0 bridgehead atoms. The molecular formula is C53H56N2O2S. The van der Waals surface area contributed by atoms with E-state index in [1.807, 2.05) is 36.0 Å². The third kappa shape index (κ3) is 9.80. The van der Waals surface area contributed by atoms with Gasteiger partial charge >= 0.3 is 0 Å². The summed E-state index contributed by atoms with van der Waals surface area (Å²) in [7, 11) is 0. The van der Waals surface area contributed by atoms with Crippen LogP contribution in [0.2, 0.25) is 0 Å². The molecule has 5 heteroatoms. The maximum atomic E-state index is 9.29. The number of rotatable bonds is 18. The molecule has 6 aromatic rings. The molecule has 58 heavy (non-hydrogen) atoms. The Morgan fingerprint density at radius 2 is 0.914 bits per heavy atom. The molecule has 0 spiro atoms. The van der Waals surface area contributed by atoms with Crippen molar-refractivity contribution in [2.45, 2.75) is 88.9 Å². The number of hydrogen-bond donors (Lipinski definition) is 0. The zero-order valence-corrected chi connectivity index (χ0v) is 35.4. The topological polar surface area (TPSA) is 45.5 Å². The predicted molar refractivity (Wildman–Crippen MR) is 244 cm³/mol. The Kier molecular flexibility index (Phi) is 13.9. The molecule has 1 heterocycles. The standard InChI is InChI=1S/C53H56N2O2S/c1-5-9-11-38(7-3)36-56-48-27-19-43(20-28-48)45-23-31-50-52(33-45)58-53-34-46(44-21-29-49(30-22-44)57-37-39(8-4)12-10-6-2)24-32-51(53)55(50)47-25-17-42(18-26-47)41-15-13-40(35-54)14-16-41/h13-34,38-39H,5-12,36-37H2,1-4H3. The quantitative estimate of drug-likeness (QED) is 0.0867. The predicted octanol–water partition coefficient (Wildman–Crippen LogP) is 15.7. The lowest BCUT2D eigenvalue weighted by Gasteiger charge is -2.33. The van der Waals surface area contributed by atoms with E-state index in [0.717, 1.165) is 65.7 Å². The van der Waals surface area contributed by atoms with Gasteiger partial charge in [0.1, 0.15) is 11.5 Å². The molecule has 0 fully saturated rings. The fourth-order valence-corrected chi connectivity index (χ4v) is 8.83.